The number of aryl methyl sites for hydroxylation is 1. The van der Waals surface area contributed by atoms with Crippen LogP contribution in [0.1, 0.15) is 16.8 Å². The van der Waals surface area contributed by atoms with E-state index in [4.69, 9.17) is 5.73 Å². The monoisotopic (exact) mass is 305 g/mol. The molecule has 1 aromatic carbocycles. The van der Waals surface area contributed by atoms with Crippen molar-refractivity contribution >= 4 is 15.7 Å². The zero-order valence-electron chi connectivity index (χ0n) is 12.4. The summed E-state index contributed by atoms with van der Waals surface area (Å²) < 4.78 is 26.8. The molecule has 0 fully saturated rings. The lowest BCUT2D eigenvalue weighted by atomic mass is 10.1. The number of hydrogen-bond acceptors (Lipinski definition) is 4. The van der Waals surface area contributed by atoms with Crippen molar-refractivity contribution in [3.8, 4) is 0 Å². The fourth-order valence-electron chi connectivity index (χ4n) is 2.11. The smallest absolute Gasteiger partial charge is 0.245 e. The topological polar surface area (TPSA) is 76.3 Å². The van der Waals surface area contributed by atoms with E-state index in [-0.39, 0.29) is 17.1 Å². The number of hydrogen-bond donors (Lipinski definition) is 1. The van der Waals surface area contributed by atoms with Gasteiger partial charge >= 0.3 is 0 Å². The molecule has 5 nitrogen and oxygen atoms in total. The highest BCUT2D eigenvalue weighted by molar-refractivity contribution is 7.89. The summed E-state index contributed by atoms with van der Waals surface area (Å²) in [5, 5.41) is 0. The molecule has 0 spiro atoms. The second kappa shape index (κ2) is 5.83. The van der Waals surface area contributed by atoms with E-state index in [2.05, 4.69) is 4.98 Å². The highest BCUT2D eigenvalue weighted by atomic mass is 32.2. The Morgan fingerprint density at radius 1 is 1.19 bits per heavy atom. The number of pyridine rings is 1. The highest BCUT2D eigenvalue weighted by Gasteiger charge is 2.26. The minimum Gasteiger partial charge on any atom is -0.398 e. The maximum atomic E-state index is 12.7. The van der Waals surface area contributed by atoms with Gasteiger partial charge in [-0.1, -0.05) is 12.1 Å². The Morgan fingerprint density at radius 2 is 1.90 bits per heavy atom. The summed E-state index contributed by atoms with van der Waals surface area (Å²) in [5.74, 6) is 0. The molecule has 0 aliphatic heterocycles. The molecule has 1 aromatic heterocycles. The Labute approximate surface area is 125 Å². The number of sulfonamides is 1. The number of aromatic nitrogens is 1. The largest absolute Gasteiger partial charge is 0.398 e. The average Bonchev–Trinajstić information content (AvgIpc) is 2.44. The van der Waals surface area contributed by atoms with E-state index in [1.54, 1.807) is 31.3 Å². The van der Waals surface area contributed by atoms with Crippen LogP contribution in [0.15, 0.2) is 41.4 Å². The van der Waals surface area contributed by atoms with Gasteiger partial charge in [-0.15, -0.1) is 0 Å². The fourth-order valence-corrected chi connectivity index (χ4v) is 3.64. The van der Waals surface area contributed by atoms with Crippen LogP contribution in [-0.4, -0.2) is 24.8 Å². The van der Waals surface area contributed by atoms with Gasteiger partial charge in [0, 0.05) is 13.2 Å². The molecule has 0 aliphatic carbocycles. The van der Waals surface area contributed by atoms with E-state index < -0.39 is 10.0 Å². The zero-order valence-corrected chi connectivity index (χ0v) is 13.2. The van der Waals surface area contributed by atoms with Crippen LogP contribution in [0.5, 0.6) is 0 Å². The van der Waals surface area contributed by atoms with Crippen LogP contribution in [0.4, 0.5) is 5.69 Å². The molecule has 112 valence electrons. The molecule has 21 heavy (non-hydrogen) atoms. The lowest BCUT2D eigenvalue weighted by molar-refractivity contribution is 0.462. The molecule has 0 unspecified atom stereocenters. The fraction of sp³-hybridized carbons (Fsp3) is 0.267. The van der Waals surface area contributed by atoms with Crippen molar-refractivity contribution in [2.75, 3.05) is 12.8 Å². The van der Waals surface area contributed by atoms with Gasteiger partial charge in [0.2, 0.25) is 10.0 Å². The van der Waals surface area contributed by atoms with Crippen molar-refractivity contribution in [3.05, 3.63) is 53.3 Å². The maximum absolute atomic E-state index is 12.7. The van der Waals surface area contributed by atoms with Crippen molar-refractivity contribution in [3.63, 3.8) is 0 Å². The van der Waals surface area contributed by atoms with Crippen LogP contribution in [0.2, 0.25) is 0 Å². The molecule has 2 rings (SSSR count). The van der Waals surface area contributed by atoms with Gasteiger partial charge in [-0.05, 0) is 43.2 Å². The van der Waals surface area contributed by atoms with Gasteiger partial charge in [0.05, 0.1) is 17.9 Å². The molecule has 6 heteroatoms. The Bertz CT molecular complexity index is 743. The van der Waals surface area contributed by atoms with E-state index >= 15 is 0 Å². The number of nitrogen functional groups attached to an aromatic ring is 1. The Kier molecular flexibility index (Phi) is 4.29. The number of benzene rings is 1. The number of rotatable bonds is 4. The first-order valence-electron chi connectivity index (χ1n) is 6.56. The van der Waals surface area contributed by atoms with Gasteiger partial charge in [0.15, 0.2) is 0 Å². The summed E-state index contributed by atoms with van der Waals surface area (Å²) in [4.78, 5) is 4.33. The third kappa shape index (κ3) is 3.06. The number of nitrogens with zero attached hydrogens (tertiary/aromatic N) is 2. The molecule has 0 amide bonds. The summed E-state index contributed by atoms with van der Waals surface area (Å²) in [6.07, 6.45) is 1.64. The predicted molar refractivity (Wildman–Crippen MR) is 83.2 cm³/mol. The molecule has 0 radical (unpaired) electrons. The predicted octanol–water partition coefficient (Wildman–Crippen LogP) is 2.10. The normalized spacial score (nSPS) is 11.8. The first kappa shape index (κ1) is 15.5. The second-order valence-electron chi connectivity index (χ2n) is 5.01. The van der Waals surface area contributed by atoms with Crippen LogP contribution in [0.3, 0.4) is 0 Å². The van der Waals surface area contributed by atoms with Gasteiger partial charge in [-0.25, -0.2) is 8.42 Å². The molecule has 0 bridgehead atoms. The van der Waals surface area contributed by atoms with Crippen LogP contribution < -0.4 is 5.73 Å². The Hall–Kier alpha value is -1.92. The molecule has 2 N–H and O–H groups in total. The van der Waals surface area contributed by atoms with E-state index in [1.165, 1.54) is 11.4 Å². The molecular weight excluding hydrogens is 286 g/mol. The third-order valence-corrected chi connectivity index (χ3v) is 5.49. The molecule has 0 aliphatic rings. The summed E-state index contributed by atoms with van der Waals surface area (Å²) >= 11 is 0. The highest BCUT2D eigenvalue weighted by Crippen LogP contribution is 2.28. The van der Waals surface area contributed by atoms with E-state index in [9.17, 15) is 8.42 Å². The first-order valence-corrected chi connectivity index (χ1v) is 8.00. The van der Waals surface area contributed by atoms with Gasteiger partial charge in [-0.2, -0.15) is 4.31 Å². The Balaban J connectivity index is 2.41. The van der Waals surface area contributed by atoms with Crippen LogP contribution >= 0.6 is 0 Å². The van der Waals surface area contributed by atoms with Gasteiger partial charge in [0.25, 0.3) is 0 Å². The Morgan fingerprint density at radius 3 is 2.52 bits per heavy atom. The quantitative estimate of drug-likeness (QED) is 0.878. The van der Waals surface area contributed by atoms with Crippen molar-refractivity contribution in [1.29, 1.82) is 0 Å². The molecule has 1 heterocycles. The van der Waals surface area contributed by atoms with Crippen LogP contribution in [-0.2, 0) is 16.6 Å². The van der Waals surface area contributed by atoms with Gasteiger partial charge in [-0.3, -0.25) is 4.98 Å². The standard InChI is InChI=1S/C15H19N3O2S/c1-11-7-8-14(16)15(12(11)2)21(19,20)18(3)10-13-6-4-5-9-17-13/h4-9H,10,16H2,1-3H3. The SMILES string of the molecule is Cc1ccc(N)c(S(=O)(=O)N(C)Cc2ccccn2)c1C. The van der Waals surface area contributed by atoms with Gasteiger partial charge in [0.1, 0.15) is 4.90 Å². The average molecular weight is 305 g/mol. The molecular formula is C15H19N3O2S. The molecule has 0 atom stereocenters. The number of anilines is 1. The summed E-state index contributed by atoms with van der Waals surface area (Å²) in [6, 6.07) is 8.86. The molecule has 2 aromatic rings. The van der Waals surface area contributed by atoms with Crippen LogP contribution in [0, 0.1) is 13.8 Å². The van der Waals surface area contributed by atoms with E-state index in [0.717, 1.165) is 5.56 Å². The summed E-state index contributed by atoms with van der Waals surface area (Å²) in [5.41, 5.74) is 8.42. The van der Waals surface area contributed by atoms with Crippen molar-refractivity contribution < 1.29 is 8.42 Å². The van der Waals surface area contributed by atoms with Crippen LogP contribution in [0.25, 0.3) is 0 Å². The second-order valence-corrected chi connectivity index (χ2v) is 6.99. The van der Waals surface area contributed by atoms with Gasteiger partial charge < -0.3 is 5.73 Å². The zero-order chi connectivity index (χ0) is 15.6. The van der Waals surface area contributed by atoms with E-state index in [1.807, 2.05) is 19.1 Å². The number of nitrogens with two attached hydrogens (primary N) is 1. The minimum atomic E-state index is -3.65. The van der Waals surface area contributed by atoms with Crippen molar-refractivity contribution in [2.24, 2.45) is 0 Å². The lowest BCUT2D eigenvalue weighted by Gasteiger charge is -2.20. The summed E-state index contributed by atoms with van der Waals surface area (Å²) in [7, 11) is -2.12. The van der Waals surface area contributed by atoms with Crippen molar-refractivity contribution in [1.82, 2.24) is 9.29 Å². The lowest BCUT2D eigenvalue weighted by Crippen LogP contribution is -2.28. The summed E-state index contributed by atoms with van der Waals surface area (Å²) in [6.45, 7) is 3.84. The third-order valence-electron chi connectivity index (χ3n) is 3.49. The molecule has 0 saturated heterocycles. The van der Waals surface area contributed by atoms with E-state index in [0.29, 0.717) is 11.3 Å². The molecule has 0 saturated carbocycles. The minimum absolute atomic E-state index is 0.181. The first-order chi connectivity index (χ1) is 9.84. The maximum Gasteiger partial charge on any atom is 0.245 e. The van der Waals surface area contributed by atoms with Crippen molar-refractivity contribution in [2.45, 2.75) is 25.3 Å².